The van der Waals surface area contributed by atoms with Gasteiger partial charge in [0.05, 0.1) is 11.8 Å². The first kappa shape index (κ1) is 26.7. The highest BCUT2D eigenvalue weighted by atomic mass is 16.3. The predicted octanol–water partition coefficient (Wildman–Crippen LogP) is 0.488. The maximum absolute atomic E-state index is 10.8. The Kier molecular flexibility index (Phi) is 10.2. The summed E-state index contributed by atoms with van der Waals surface area (Å²) in [6, 6.07) is 8.97. The molecule has 1 aromatic carbocycles. The minimum absolute atomic E-state index is 0.165. The number of piperazine rings is 1. The lowest BCUT2D eigenvalue weighted by molar-refractivity contribution is -0.123. The number of hydrogen-bond acceptors (Lipinski definition) is 8. The molecule has 0 radical (unpaired) electrons. The van der Waals surface area contributed by atoms with Crippen LogP contribution in [0.5, 0.6) is 0 Å². The van der Waals surface area contributed by atoms with E-state index in [-0.39, 0.29) is 19.0 Å². The molecule has 3 fully saturated rings. The summed E-state index contributed by atoms with van der Waals surface area (Å²) in [5.41, 5.74) is 2.38. The molecule has 1 aromatic heterocycles. The SMILES string of the molecule is CN1CCN([C@@H]2C[C@@H]3CN(Cc4ccc(-n5cncn5)cc4)C[C@@H]3C[C@H]2O)CC1.O=CO.O=CO. The Morgan fingerprint density at radius 1 is 0.971 bits per heavy atom. The van der Waals surface area contributed by atoms with Crippen LogP contribution in [0.15, 0.2) is 36.9 Å². The van der Waals surface area contributed by atoms with Crippen molar-refractivity contribution in [2.75, 3.05) is 46.3 Å². The Hall–Kier alpha value is -2.86. The van der Waals surface area contributed by atoms with Gasteiger partial charge in [-0.3, -0.25) is 19.4 Å². The number of aromatic nitrogens is 3. The summed E-state index contributed by atoms with van der Waals surface area (Å²) in [4.78, 5) is 28.3. The summed E-state index contributed by atoms with van der Waals surface area (Å²) >= 11 is 0. The molecule has 2 aromatic rings. The molecule has 3 aliphatic rings. The molecule has 11 nitrogen and oxygen atoms in total. The van der Waals surface area contributed by atoms with Crippen molar-refractivity contribution in [2.24, 2.45) is 11.8 Å². The van der Waals surface area contributed by atoms with Crippen LogP contribution in [0.2, 0.25) is 0 Å². The molecule has 1 aliphatic carbocycles. The molecule has 3 N–H and O–H groups in total. The van der Waals surface area contributed by atoms with Crippen molar-refractivity contribution in [3.63, 3.8) is 0 Å². The summed E-state index contributed by atoms with van der Waals surface area (Å²) in [6.45, 7) is 7.19. The van der Waals surface area contributed by atoms with Crippen molar-refractivity contribution in [2.45, 2.75) is 31.5 Å². The number of likely N-dealkylation sites (N-methyl/N-ethyl adjacent to an activating group) is 1. The second kappa shape index (κ2) is 13.3. The molecule has 2 saturated heterocycles. The lowest BCUT2D eigenvalue weighted by Gasteiger charge is -2.44. The first-order valence-corrected chi connectivity index (χ1v) is 11.9. The van der Waals surface area contributed by atoms with Gasteiger partial charge in [0.1, 0.15) is 12.7 Å². The lowest BCUT2D eigenvalue weighted by Crippen LogP contribution is -2.55. The van der Waals surface area contributed by atoms with Crippen LogP contribution >= 0.6 is 0 Å². The van der Waals surface area contributed by atoms with Crippen molar-refractivity contribution in [3.05, 3.63) is 42.5 Å². The first-order valence-electron chi connectivity index (χ1n) is 11.9. The maximum Gasteiger partial charge on any atom is 0.290 e. The molecule has 4 atom stereocenters. The Bertz CT molecular complexity index is 882. The van der Waals surface area contributed by atoms with Crippen molar-refractivity contribution >= 4 is 12.9 Å². The summed E-state index contributed by atoms with van der Waals surface area (Å²) in [5.74, 6) is 1.36. The van der Waals surface area contributed by atoms with Gasteiger partial charge in [-0.2, -0.15) is 5.10 Å². The minimum Gasteiger partial charge on any atom is -0.483 e. The fourth-order valence-electron chi connectivity index (χ4n) is 5.53. The lowest BCUT2D eigenvalue weighted by atomic mass is 9.77. The van der Waals surface area contributed by atoms with Crippen molar-refractivity contribution in [3.8, 4) is 5.69 Å². The van der Waals surface area contributed by atoms with Crippen LogP contribution in [-0.4, -0.2) is 116 Å². The fraction of sp³-hybridized carbons (Fsp3) is 0.583. The van der Waals surface area contributed by atoms with E-state index in [1.807, 2.05) is 0 Å². The minimum atomic E-state index is -0.250. The van der Waals surface area contributed by atoms with E-state index in [2.05, 4.69) is 56.1 Å². The van der Waals surface area contributed by atoms with Crippen LogP contribution < -0.4 is 0 Å². The number of benzene rings is 1. The van der Waals surface area contributed by atoms with Crippen molar-refractivity contribution < 1.29 is 24.9 Å². The van der Waals surface area contributed by atoms with E-state index in [4.69, 9.17) is 19.8 Å². The normalized spacial score (nSPS) is 27.0. The van der Waals surface area contributed by atoms with Gasteiger partial charge in [0.25, 0.3) is 12.9 Å². The van der Waals surface area contributed by atoms with E-state index in [1.165, 1.54) is 5.56 Å². The molecule has 2 aliphatic heterocycles. The molecule has 192 valence electrons. The number of carboxylic acid groups (broad SMARTS) is 2. The summed E-state index contributed by atoms with van der Waals surface area (Å²) < 4.78 is 1.79. The van der Waals surface area contributed by atoms with Gasteiger partial charge in [-0.1, -0.05) is 12.1 Å². The zero-order valence-electron chi connectivity index (χ0n) is 20.1. The van der Waals surface area contributed by atoms with E-state index in [9.17, 15) is 5.11 Å². The van der Waals surface area contributed by atoms with E-state index in [0.717, 1.165) is 70.3 Å². The van der Waals surface area contributed by atoms with Crippen molar-refractivity contribution in [1.82, 2.24) is 29.5 Å². The molecule has 5 rings (SSSR count). The molecule has 0 bridgehead atoms. The quantitative estimate of drug-likeness (QED) is 0.522. The van der Waals surface area contributed by atoms with Gasteiger partial charge in [-0.15, -0.1) is 0 Å². The molecule has 0 amide bonds. The topological polar surface area (TPSA) is 135 Å². The third kappa shape index (κ3) is 7.31. The van der Waals surface area contributed by atoms with Crippen LogP contribution in [-0.2, 0) is 16.1 Å². The zero-order valence-corrected chi connectivity index (χ0v) is 20.1. The summed E-state index contributed by atoms with van der Waals surface area (Å²) in [7, 11) is 2.19. The van der Waals surface area contributed by atoms with Crippen LogP contribution in [0.1, 0.15) is 18.4 Å². The second-order valence-corrected chi connectivity index (χ2v) is 9.38. The van der Waals surface area contributed by atoms with Crippen LogP contribution in [0.25, 0.3) is 5.69 Å². The average Bonchev–Trinajstić information content (AvgIpc) is 3.51. The number of rotatable bonds is 4. The summed E-state index contributed by atoms with van der Waals surface area (Å²) in [6.07, 6.45) is 5.23. The Balaban J connectivity index is 0.000000520. The second-order valence-electron chi connectivity index (χ2n) is 9.38. The van der Waals surface area contributed by atoms with Gasteiger partial charge in [-0.05, 0) is 49.4 Å². The number of aliphatic hydroxyl groups is 1. The van der Waals surface area contributed by atoms with Gasteiger partial charge >= 0.3 is 0 Å². The molecular formula is C24H36N6O5. The zero-order chi connectivity index (χ0) is 25.2. The molecule has 3 heterocycles. The van der Waals surface area contributed by atoms with Gasteiger partial charge < -0.3 is 20.2 Å². The van der Waals surface area contributed by atoms with E-state index in [0.29, 0.717) is 12.0 Å². The smallest absolute Gasteiger partial charge is 0.290 e. The number of carbonyl (C=O) groups is 2. The first-order chi connectivity index (χ1) is 17.0. The number of hydrogen-bond donors (Lipinski definition) is 3. The van der Waals surface area contributed by atoms with Crippen LogP contribution in [0.3, 0.4) is 0 Å². The number of fused-ring (bicyclic) bond motifs is 1. The largest absolute Gasteiger partial charge is 0.483 e. The van der Waals surface area contributed by atoms with Crippen LogP contribution in [0, 0.1) is 11.8 Å². The third-order valence-electron chi connectivity index (χ3n) is 7.22. The molecule has 1 saturated carbocycles. The average molecular weight is 489 g/mol. The summed E-state index contributed by atoms with van der Waals surface area (Å²) in [5, 5.41) is 28.8. The Morgan fingerprint density at radius 2 is 1.57 bits per heavy atom. The van der Waals surface area contributed by atoms with Gasteiger partial charge in [0.2, 0.25) is 0 Å². The monoisotopic (exact) mass is 488 g/mol. The third-order valence-corrected chi connectivity index (χ3v) is 7.22. The van der Waals surface area contributed by atoms with Crippen molar-refractivity contribution in [1.29, 1.82) is 0 Å². The van der Waals surface area contributed by atoms with E-state index >= 15 is 0 Å². The Morgan fingerprint density at radius 3 is 2.14 bits per heavy atom. The molecule has 35 heavy (non-hydrogen) atoms. The molecular weight excluding hydrogens is 452 g/mol. The fourth-order valence-corrected chi connectivity index (χ4v) is 5.53. The number of nitrogens with zero attached hydrogens (tertiary/aromatic N) is 6. The number of likely N-dealkylation sites (tertiary alicyclic amines) is 1. The molecule has 11 heteroatoms. The molecule has 0 unspecified atom stereocenters. The maximum atomic E-state index is 10.8. The van der Waals surface area contributed by atoms with Crippen LogP contribution in [0.4, 0.5) is 0 Å². The Labute approximate surface area is 205 Å². The highest BCUT2D eigenvalue weighted by Gasteiger charge is 2.43. The molecule has 0 spiro atoms. The van der Waals surface area contributed by atoms with E-state index < -0.39 is 0 Å². The highest BCUT2D eigenvalue weighted by Crippen LogP contribution is 2.39. The van der Waals surface area contributed by atoms with Gasteiger partial charge in [-0.25, -0.2) is 9.67 Å². The predicted molar refractivity (Wildman–Crippen MR) is 129 cm³/mol. The number of aliphatic hydroxyl groups excluding tert-OH is 1. The standard InChI is InChI=1S/C22H32N6O.2CH2O2/c1-25-6-8-27(9-7-25)21-10-18-13-26(14-19(18)11-22(21)29)12-17-2-4-20(5-3-17)28-16-23-15-24-28;2*2-1-3/h2-5,15-16,18-19,21-22,29H,6-14H2,1H3;2*1H,(H,2,3)/t18-,19+,21-,22-;;/m1../s1. The van der Waals surface area contributed by atoms with Gasteiger partial charge in [0.15, 0.2) is 0 Å². The van der Waals surface area contributed by atoms with Gasteiger partial charge in [0, 0.05) is 51.9 Å². The highest BCUT2D eigenvalue weighted by molar-refractivity contribution is 5.33. The van der Waals surface area contributed by atoms with E-state index in [1.54, 1.807) is 17.3 Å².